The highest BCUT2D eigenvalue weighted by molar-refractivity contribution is 6.00. The number of aliphatic carboxylic acids is 1. The van der Waals surface area contributed by atoms with Crippen LogP contribution in [0.5, 0.6) is 5.75 Å². The van der Waals surface area contributed by atoms with Crippen molar-refractivity contribution in [1.29, 1.82) is 0 Å². The number of carboxylic acid groups (broad SMARTS) is 1. The van der Waals surface area contributed by atoms with Gasteiger partial charge in [0.2, 0.25) is 0 Å². The van der Waals surface area contributed by atoms with Crippen LogP contribution >= 0.6 is 0 Å². The monoisotopic (exact) mass is 403 g/mol. The van der Waals surface area contributed by atoms with E-state index in [0.29, 0.717) is 24.5 Å². The molecule has 0 aliphatic heterocycles. The first-order valence-corrected chi connectivity index (χ1v) is 9.94. The third kappa shape index (κ3) is 6.21. The summed E-state index contributed by atoms with van der Waals surface area (Å²) in [7, 11) is 0. The lowest BCUT2D eigenvalue weighted by molar-refractivity contribution is -0.136. The van der Waals surface area contributed by atoms with Gasteiger partial charge in [-0.2, -0.15) is 0 Å². The number of nitrogens with zero attached hydrogens (tertiary/aromatic N) is 1. The van der Waals surface area contributed by atoms with Crippen LogP contribution in [-0.4, -0.2) is 30.0 Å². The van der Waals surface area contributed by atoms with E-state index < -0.39 is 5.97 Å². The Hall–Kier alpha value is -3.60. The Morgan fingerprint density at radius 1 is 0.900 bits per heavy atom. The largest absolute Gasteiger partial charge is 0.490 e. The fourth-order valence-corrected chi connectivity index (χ4v) is 3.05. The smallest absolute Gasteiger partial charge is 0.307 e. The molecule has 154 valence electrons. The first-order chi connectivity index (χ1) is 14.7. The summed E-state index contributed by atoms with van der Waals surface area (Å²) in [4.78, 5) is 16.2. The molecule has 5 nitrogen and oxygen atoms in total. The molecule has 5 heteroatoms. The summed E-state index contributed by atoms with van der Waals surface area (Å²) < 4.78 is 5.63. The molecule has 0 bridgehead atoms. The van der Waals surface area contributed by atoms with Gasteiger partial charge in [0.1, 0.15) is 12.4 Å². The van der Waals surface area contributed by atoms with Gasteiger partial charge in [-0.05, 0) is 40.8 Å². The zero-order chi connectivity index (χ0) is 21.2. The molecule has 0 amide bonds. The van der Waals surface area contributed by atoms with E-state index in [-0.39, 0.29) is 6.42 Å². The summed E-state index contributed by atoms with van der Waals surface area (Å²) in [6.45, 7) is 2.66. The Morgan fingerprint density at radius 2 is 1.63 bits per heavy atom. The van der Waals surface area contributed by atoms with E-state index in [0.717, 1.165) is 23.3 Å². The lowest BCUT2D eigenvalue weighted by atomic mass is 10.0. The van der Waals surface area contributed by atoms with Crippen LogP contribution in [0, 0.1) is 0 Å². The minimum Gasteiger partial charge on any atom is -0.490 e. The molecule has 30 heavy (non-hydrogen) atoms. The van der Waals surface area contributed by atoms with Crippen molar-refractivity contribution in [2.24, 2.45) is 5.16 Å². The van der Waals surface area contributed by atoms with Gasteiger partial charge in [-0.15, -0.1) is 0 Å². The molecule has 0 aliphatic carbocycles. The zero-order valence-electron chi connectivity index (χ0n) is 17.0. The van der Waals surface area contributed by atoms with E-state index in [4.69, 9.17) is 14.7 Å². The average molecular weight is 403 g/mol. The Kier molecular flexibility index (Phi) is 7.61. The molecule has 0 spiro atoms. The fraction of sp³-hybridized carbons (Fsp3) is 0.200. The predicted molar refractivity (Wildman–Crippen MR) is 118 cm³/mol. The number of hydrogen-bond donors (Lipinski definition) is 1. The first-order valence-electron chi connectivity index (χ1n) is 9.94. The van der Waals surface area contributed by atoms with Crippen LogP contribution in [0.15, 0.2) is 84.0 Å². The molecule has 0 fully saturated rings. The maximum atomic E-state index is 10.8. The van der Waals surface area contributed by atoms with Crippen LogP contribution in [0.25, 0.3) is 11.1 Å². The van der Waals surface area contributed by atoms with Gasteiger partial charge < -0.3 is 14.7 Å². The molecule has 0 heterocycles. The van der Waals surface area contributed by atoms with Gasteiger partial charge in [0.15, 0.2) is 6.61 Å². The Labute approximate surface area is 176 Å². The van der Waals surface area contributed by atoms with Crippen LogP contribution in [0.3, 0.4) is 0 Å². The van der Waals surface area contributed by atoms with Crippen LogP contribution in [0.1, 0.15) is 24.5 Å². The van der Waals surface area contributed by atoms with Gasteiger partial charge in [-0.3, -0.25) is 4.79 Å². The number of rotatable bonds is 10. The van der Waals surface area contributed by atoms with Crippen molar-refractivity contribution in [3.05, 3.63) is 90.0 Å². The van der Waals surface area contributed by atoms with Crippen LogP contribution < -0.4 is 4.74 Å². The Bertz CT molecular complexity index is 982. The molecule has 0 saturated heterocycles. The van der Waals surface area contributed by atoms with Crippen molar-refractivity contribution >= 4 is 11.7 Å². The molecule has 0 unspecified atom stereocenters. The molecule has 0 aromatic heterocycles. The molecule has 3 aromatic rings. The lowest BCUT2D eigenvalue weighted by Gasteiger charge is -2.08. The summed E-state index contributed by atoms with van der Waals surface area (Å²) in [5.41, 5.74) is 4.94. The minimum absolute atomic E-state index is 0.0269. The molecular formula is C25H25NO4. The Morgan fingerprint density at radius 3 is 2.33 bits per heavy atom. The van der Waals surface area contributed by atoms with Crippen molar-refractivity contribution < 1.29 is 19.5 Å². The summed E-state index contributed by atoms with van der Waals surface area (Å²) >= 11 is 0. The maximum Gasteiger partial charge on any atom is 0.307 e. The van der Waals surface area contributed by atoms with Crippen molar-refractivity contribution in [3.63, 3.8) is 0 Å². The highest BCUT2D eigenvalue weighted by atomic mass is 16.6. The van der Waals surface area contributed by atoms with Crippen molar-refractivity contribution in [1.82, 2.24) is 0 Å². The topological polar surface area (TPSA) is 68.1 Å². The van der Waals surface area contributed by atoms with Gasteiger partial charge in [0, 0.05) is 0 Å². The number of carbonyl (C=O) groups is 1. The van der Waals surface area contributed by atoms with Gasteiger partial charge in [-0.25, -0.2) is 0 Å². The Balaban J connectivity index is 1.52. The average Bonchev–Trinajstić information content (AvgIpc) is 2.77. The van der Waals surface area contributed by atoms with E-state index >= 15 is 0 Å². The molecule has 0 saturated carbocycles. The van der Waals surface area contributed by atoms with E-state index in [1.54, 1.807) is 24.3 Å². The van der Waals surface area contributed by atoms with E-state index in [1.165, 1.54) is 5.56 Å². The maximum absolute atomic E-state index is 10.8. The number of oxime groups is 1. The first kappa shape index (κ1) is 21.1. The SMILES string of the molecule is CC/C(=N\OCCOc1cccc(CC(=O)O)c1)c1ccc(-c2ccccc2)cc1. The third-order valence-corrected chi connectivity index (χ3v) is 4.53. The highest BCUT2D eigenvalue weighted by Crippen LogP contribution is 2.20. The quantitative estimate of drug-likeness (QED) is 0.287. The number of hydrogen-bond acceptors (Lipinski definition) is 4. The highest BCUT2D eigenvalue weighted by Gasteiger charge is 2.05. The molecular weight excluding hydrogens is 378 g/mol. The number of carboxylic acids is 1. The lowest BCUT2D eigenvalue weighted by Crippen LogP contribution is -2.07. The minimum atomic E-state index is -0.867. The van der Waals surface area contributed by atoms with Gasteiger partial charge in [0.05, 0.1) is 12.1 Å². The summed E-state index contributed by atoms with van der Waals surface area (Å²) in [5, 5.41) is 13.1. The summed E-state index contributed by atoms with van der Waals surface area (Å²) in [6.07, 6.45) is 0.726. The summed E-state index contributed by atoms with van der Waals surface area (Å²) in [6, 6.07) is 25.6. The van der Waals surface area contributed by atoms with E-state index in [9.17, 15) is 4.79 Å². The van der Waals surface area contributed by atoms with Crippen LogP contribution in [0.4, 0.5) is 0 Å². The normalized spacial score (nSPS) is 11.2. The van der Waals surface area contributed by atoms with Gasteiger partial charge >= 0.3 is 5.97 Å². The van der Waals surface area contributed by atoms with Crippen molar-refractivity contribution in [3.8, 4) is 16.9 Å². The van der Waals surface area contributed by atoms with Gasteiger partial charge in [0.25, 0.3) is 0 Å². The van der Waals surface area contributed by atoms with Crippen LogP contribution in [-0.2, 0) is 16.1 Å². The van der Waals surface area contributed by atoms with Crippen molar-refractivity contribution in [2.75, 3.05) is 13.2 Å². The van der Waals surface area contributed by atoms with Gasteiger partial charge in [-0.1, -0.05) is 78.8 Å². The predicted octanol–water partition coefficient (Wildman–Crippen LogP) is 5.19. The second-order valence-corrected chi connectivity index (χ2v) is 6.73. The third-order valence-electron chi connectivity index (χ3n) is 4.53. The second kappa shape index (κ2) is 10.8. The standard InChI is InChI=1S/C25H25NO4/c1-2-24(22-13-11-21(12-14-22)20-8-4-3-5-9-20)26-30-16-15-29-23-10-6-7-19(17-23)18-25(27)28/h3-14,17H,2,15-16,18H2,1H3,(H,27,28)/b26-24+. The zero-order valence-corrected chi connectivity index (χ0v) is 17.0. The second-order valence-electron chi connectivity index (χ2n) is 6.73. The number of ether oxygens (including phenoxy) is 1. The molecule has 0 aliphatic rings. The molecule has 3 aromatic carbocycles. The molecule has 0 atom stereocenters. The molecule has 3 rings (SSSR count). The van der Waals surface area contributed by atoms with Crippen LogP contribution in [0.2, 0.25) is 0 Å². The van der Waals surface area contributed by atoms with E-state index in [2.05, 4.69) is 41.6 Å². The van der Waals surface area contributed by atoms with E-state index in [1.807, 2.05) is 25.1 Å². The fourth-order valence-electron chi connectivity index (χ4n) is 3.05. The molecule has 1 N–H and O–H groups in total. The van der Waals surface area contributed by atoms with Crippen molar-refractivity contribution in [2.45, 2.75) is 19.8 Å². The molecule has 0 radical (unpaired) electrons. The number of benzene rings is 3. The summed E-state index contributed by atoms with van der Waals surface area (Å²) in [5.74, 6) is -0.248.